The highest BCUT2D eigenvalue weighted by molar-refractivity contribution is 6.00. The van der Waals surface area contributed by atoms with Gasteiger partial charge in [0, 0.05) is 12.7 Å². The second-order valence-corrected chi connectivity index (χ2v) is 7.47. The molecule has 2 aromatic carbocycles. The summed E-state index contributed by atoms with van der Waals surface area (Å²) in [4.78, 5) is 15.9. The summed E-state index contributed by atoms with van der Waals surface area (Å²) >= 11 is 0. The third-order valence-electron chi connectivity index (χ3n) is 5.72. The van der Waals surface area contributed by atoms with Crippen LogP contribution in [0.2, 0.25) is 0 Å². The maximum absolute atomic E-state index is 12.7. The van der Waals surface area contributed by atoms with E-state index in [-0.39, 0.29) is 5.91 Å². The molecule has 138 valence electrons. The van der Waals surface area contributed by atoms with Gasteiger partial charge in [0.15, 0.2) is 0 Å². The van der Waals surface area contributed by atoms with E-state index < -0.39 is 0 Å². The number of nitrogens with one attached hydrogen (secondary N) is 2. The highest BCUT2D eigenvalue weighted by Gasteiger charge is 2.23. The van der Waals surface area contributed by atoms with E-state index in [1.807, 2.05) is 42.6 Å². The maximum atomic E-state index is 12.7. The van der Waals surface area contributed by atoms with Crippen LogP contribution in [0.5, 0.6) is 0 Å². The normalized spacial score (nSPS) is 19.6. The molecule has 0 unspecified atom stereocenters. The minimum atomic E-state index is 0.0142. The van der Waals surface area contributed by atoms with Crippen LogP contribution < -0.4 is 5.32 Å². The zero-order valence-electron chi connectivity index (χ0n) is 15.5. The molecule has 1 aliphatic carbocycles. The van der Waals surface area contributed by atoms with Crippen molar-refractivity contribution in [2.24, 2.45) is 5.92 Å². The number of rotatable bonds is 5. The van der Waals surface area contributed by atoms with E-state index in [4.69, 9.17) is 0 Å². The Labute approximate surface area is 160 Å². The molecular formula is C24H26N2O. The Kier molecular flexibility index (Phi) is 5.38. The van der Waals surface area contributed by atoms with Crippen molar-refractivity contribution in [3.8, 4) is 11.3 Å². The smallest absolute Gasteiger partial charge is 0.253 e. The first-order valence-corrected chi connectivity index (χ1v) is 9.87. The molecule has 27 heavy (non-hydrogen) atoms. The quantitative estimate of drug-likeness (QED) is 0.631. The van der Waals surface area contributed by atoms with Crippen molar-refractivity contribution in [3.05, 3.63) is 84.1 Å². The monoisotopic (exact) mass is 358 g/mol. The van der Waals surface area contributed by atoms with Crippen molar-refractivity contribution < 1.29 is 4.79 Å². The van der Waals surface area contributed by atoms with Gasteiger partial charge in [-0.2, -0.15) is 0 Å². The van der Waals surface area contributed by atoms with Gasteiger partial charge in [0.05, 0.1) is 11.3 Å². The number of carbonyl (C=O) groups excluding carboxylic acids is 1. The average Bonchev–Trinajstić information content (AvgIpc) is 3.24. The first-order chi connectivity index (χ1) is 13.3. The lowest BCUT2D eigenvalue weighted by Crippen LogP contribution is -2.31. The average molecular weight is 358 g/mol. The van der Waals surface area contributed by atoms with Crippen molar-refractivity contribution in [2.45, 2.75) is 31.6 Å². The zero-order chi connectivity index (χ0) is 18.5. The standard InChI is InChI=1S/C24H26N2O/c27-24(22-15-16-25-23(22)21-9-5-2-6-10-21)26-17-18-11-13-20(14-12-18)19-7-3-1-4-8-19/h1-10,15-16,18,20,25H,11-14,17H2,(H,26,27). The van der Waals surface area contributed by atoms with E-state index in [1.54, 1.807) is 0 Å². The van der Waals surface area contributed by atoms with E-state index in [0.717, 1.165) is 23.4 Å². The van der Waals surface area contributed by atoms with Gasteiger partial charge >= 0.3 is 0 Å². The summed E-state index contributed by atoms with van der Waals surface area (Å²) in [5.41, 5.74) is 4.11. The summed E-state index contributed by atoms with van der Waals surface area (Å²) < 4.78 is 0. The van der Waals surface area contributed by atoms with Crippen LogP contribution in [0, 0.1) is 5.92 Å². The number of benzene rings is 2. The lowest BCUT2D eigenvalue weighted by Gasteiger charge is -2.29. The summed E-state index contributed by atoms with van der Waals surface area (Å²) in [6.07, 6.45) is 6.62. The molecule has 1 amide bonds. The molecule has 3 nitrogen and oxygen atoms in total. The largest absolute Gasteiger partial charge is 0.361 e. The van der Waals surface area contributed by atoms with Crippen LogP contribution >= 0.6 is 0 Å². The minimum Gasteiger partial charge on any atom is -0.361 e. The lowest BCUT2D eigenvalue weighted by molar-refractivity contribution is 0.0943. The number of aromatic nitrogens is 1. The number of hydrogen-bond donors (Lipinski definition) is 2. The van der Waals surface area contributed by atoms with Gasteiger partial charge in [0.2, 0.25) is 0 Å². The van der Waals surface area contributed by atoms with Crippen LogP contribution in [-0.4, -0.2) is 17.4 Å². The Hall–Kier alpha value is -2.81. The maximum Gasteiger partial charge on any atom is 0.253 e. The van der Waals surface area contributed by atoms with Gasteiger partial charge in [0.1, 0.15) is 0 Å². The molecule has 1 aliphatic rings. The first-order valence-electron chi connectivity index (χ1n) is 9.87. The molecular weight excluding hydrogens is 332 g/mol. The highest BCUT2D eigenvalue weighted by atomic mass is 16.1. The number of hydrogen-bond acceptors (Lipinski definition) is 1. The Bertz CT molecular complexity index is 862. The molecule has 1 fully saturated rings. The van der Waals surface area contributed by atoms with E-state index >= 15 is 0 Å². The van der Waals surface area contributed by atoms with Crippen molar-refractivity contribution >= 4 is 5.91 Å². The third-order valence-corrected chi connectivity index (χ3v) is 5.72. The van der Waals surface area contributed by atoms with Crippen molar-refractivity contribution in [2.75, 3.05) is 6.54 Å². The van der Waals surface area contributed by atoms with Gasteiger partial charge < -0.3 is 10.3 Å². The minimum absolute atomic E-state index is 0.0142. The summed E-state index contributed by atoms with van der Waals surface area (Å²) in [6, 6.07) is 22.7. The van der Waals surface area contributed by atoms with Crippen LogP contribution in [0.4, 0.5) is 0 Å². The molecule has 3 heteroatoms. The predicted molar refractivity (Wildman–Crippen MR) is 110 cm³/mol. The molecule has 1 heterocycles. The van der Waals surface area contributed by atoms with E-state index in [2.05, 4.69) is 40.6 Å². The molecule has 0 saturated heterocycles. The first kappa shape index (κ1) is 17.6. The second-order valence-electron chi connectivity index (χ2n) is 7.47. The van der Waals surface area contributed by atoms with Crippen molar-refractivity contribution in [1.29, 1.82) is 0 Å². The fourth-order valence-corrected chi connectivity index (χ4v) is 4.16. The second kappa shape index (κ2) is 8.26. The van der Waals surface area contributed by atoms with Gasteiger partial charge in [-0.15, -0.1) is 0 Å². The summed E-state index contributed by atoms with van der Waals surface area (Å²) in [5, 5.41) is 3.16. The van der Waals surface area contributed by atoms with Crippen LogP contribution in [0.1, 0.15) is 47.5 Å². The fourth-order valence-electron chi connectivity index (χ4n) is 4.16. The molecule has 1 aromatic heterocycles. The molecule has 0 radical (unpaired) electrons. The number of amides is 1. The Morgan fingerprint density at radius 1 is 0.889 bits per heavy atom. The Morgan fingerprint density at radius 2 is 1.56 bits per heavy atom. The van der Waals surface area contributed by atoms with Crippen molar-refractivity contribution in [1.82, 2.24) is 10.3 Å². The van der Waals surface area contributed by atoms with Gasteiger partial charge in [0.25, 0.3) is 5.91 Å². The van der Waals surface area contributed by atoms with E-state index in [1.165, 1.54) is 31.2 Å². The summed E-state index contributed by atoms with van der Waals surface area (Å²) in [6.45, 7) is 0.764. The lowest BCUT2D eigenvalue weighted by atomic mass is 9.78. The summed E-state index contributed by atoms with van der Waals surface area (Å²) in [7, 11) is 0. The van der Waals surface area contributed by atoms with Gasteiger partial charge in [-0.3, -0.25) is 4.79 Å². The molecule has 1 saturated carbocycles. The number of H-pyrrole nitrogens is 1. The van der Waals surface area contributed by atoms with Crippen molar-refractivity contribution in [3.63, 3.8) is 0 Å². The molecule has 2 N–H and O–H groups in total. The summed E-state index contributed by atoms with van der Waals surface area (Å²) in [5.74, 6) is 1.26. The molecule has 4 rings (SSSR count). The van der Waals surface area contributed by atoms with Crippen LogP contribution in [-0.2, 0) is 0 Å². The topological polar surface area (TPSA) is 44.9 Å². The van der Waals surface area contributed by atoms with Gasteiger partial charge in [-0.25, -0.2) is 0 Å². The van der Waals surface area contributed by atoms with Crippen LogP contribution in [0.15, 0.2) is 72.9 Å². The zero-order valence-corrected chi connectivity index (χ0v) is 15.5. The SMILES string of the molecule is O=C(NCC1CCC(c2ccccc2)CC1)c1cc[nH]c1-c1ccccc1. The molecule has 0 atom stereocenters. The highest BCUT2D eigenvalue weighted by Crippen LogP contribution is 2.35. The molecule has 3 aromatic rings. The molecule has 0 aliphatic heterocycles. The van der Waals surface area contributed by atoms with Gasteiger partial charge in [-0.05, 0) is 54.7 Å². The van der Waals surface area contributed by atoms with Crippen LogP contribution in [0.25, 0.3) is 11.3 Å². The molecule has 0 spiro atoms. The predicted octanol–water partition coefficient (Wildman–Crippen LogP) is 5.39. The number of aromatic amines is 1. The van der Waals surface area contributed by atoms with Crippen LogP contribution in [0.3, 0.4) is 0 Å². The third kappa shape index (κ3) is 4.13. The Morgan fingerprint density at radius 3 is 2.26 bits per heavy atom. The van der Waals surface area contributed by atoms with E-state index in [0.29, 0.717) is 11.8 Å². The fraction of sp³-hybridized carbons (Fsp3) is 0.292. The number of carbonyl (C=O) groups is 1. The Balaban J connectivity index is 1.32. The molecule has 0 bridgehead atoms. The van der Waals surface area contributed by atoms with Gasteiger partial charge in [-0.1, -0.05) is 60.7 Å². The van der Waals surface area contributed by atoms with E-state index in [9.17, 15) is 4.79 Å².